The molecule has 2 unspecified atom stereocenters. The Morgan fingerprint density at radius 2 is 2.00 bits per heavy atom. The highest BCUT2D eigenvalue weighted by atomic mass is 16.5. The predicted octanol–water partition coefficient (Wildman–Crippen LogP) is 0.286. The Hall–Kier alpha value is -2.35. The highest BCUT2D eigenvalue weighted by Crippen LogP contribution is 2.48. The lowest BCUT2D eigenvalue weighted by molar-refractivity contribution is -0.135. The molecule has 1 fully saturated rings. The van der Waals surface area contributed by atoms with E-state index in [2.05, 4.69) is 5.32 Å². The molecule has 0 radical (unpaired) electrons. The highest BCUT2D eigenvalue weighted by Gasteiger charge is 2.46. The van der Waals surface area contributed by atoms with E-state index in [1.54, 1.807) is 17.0 Å². The van der Waals surface area contributed by atoms with Gasteiger partial charge >= 0.3 is 7.69 Å². The molecule has 2 atom stereocenters. The summed E-state index contributed by atoms with van der Waals surface area (Å²) in [6.45, 7) is 0. The normalized spacial score (nSPS) is 25.3. The number of nitrogens with one attached hydrogen (secondary N) is 1. The molecule has 7 nitrogen and oxygen atoms in total. The smallest absolute Gasteiger partial charge is 0.504 e. The number of benzene rings is 1. The van der Waals surface area contributed by atoms with Gasteiger partial charge in [-0.2, -0.15) is 0 Å². The average molecular weight is 342 g/mol. The van der Waals surface area contributed by atoms with Crippen LogP contribution in [0.2, 0.25) is 0 Å². The fraction of sp³-hybridized carbons (Fsp3) is 0.471. The summed E-state index contributed by atoms with van der Waals surface area (Å²) in [6, 6.07) is 2.90. The molecule has 2 heterocycles. The zero-order valence-corrected chi connectivity index (χ0v) is 13.8. The van der Waals surface area contributed by atoms with E-state index in [1.807, 2.05) is 0 Å². The Balaban J connectivity index is 1.80. The number of rotatable bonds is 3. The van der Waals surface area contributed by atoms with Gasteiger partial charge in [0, 0.05) is 12.1 Å². The zero-order valence-electron chi connectivity index (χ0n) is 13.8. The van der Waals surface area contributed by atoms with E-state index in [9.17, 15) is 14.4 Å². The molecule has 130 valence electrons. The topological polar surface area (TPSA) is 95.9 Å². The molecule has 1 aromatic carbocycles. The van der Waals surface area contributed by atoms with Crippen LogP contribution in [0, 0.1) is 0 Å². The number of nitrogens with zero attached hydrogens (tertiary/aromatic N) is 1. The van der Waals surface area contributed by atoms with Crippen molar-refractivity contribution in [2.45, 2.75) is 50.5 Å². The maximum Gasteiger partial charge on any atom is 0.504 e. The third kappa shape index (κ3) is 2.52. The molecule has 8 heteroatoms. The fourth-order valence-electron chi connectivity index (χ4n) is 4.27. The quantitative estimate of drug-likeness (QED) is 0.608. The van der Waals surface area contributed by atoms with Gasteiger partial charge in [-0.15, -0.1) is 0 Å². The molecule has 25 heavy (non-hydrogen) atoms. The van der Waals surface area contributed by atoms with Crippen molar-refractivity contribution in [3.63, 3.8) is 0 Å². The third-order valence-electron chi connectivity index (χ3n) is 5.35. The van der Waals surface area contributed by atoms with Gasteiger partial charge < -0.3 is 9.68 Å². The lowest BCUT2D eigenvalue weighted by Crippen LogP contribution is -2.54. The van der Waals surface area contributed by atoms with Crippen LogP contribution in [-0.4, -0.2) is 36.5 Å². The minimum absolute atomic E-state index is 0.0752. The summed E-state index contributed by atoms with van der Waals surface area (Å²) < 4.78 is 5.34. The molecule has 3 aliphatic rings. The van der Waals surface area contributed by atoms with E-state index in [0.717, 1.165) is 42.5 Å². The molecule has 1 aliphatic carbocycles. The molecule has 0 aromatic heterocycles. The molecule has 4 rings (SSSR count). The van der Waals surface area contributed by atoms with Crippen LogP contribution in [0.15, 0.2) is 12.1 Å². The first kappa shape index (κ1) is 16.1. The second kappa shape index (κ2) is 6.18. The summed E-state index contributed by atoms with van der Waals surface area (Å²) in [7, 11) is -0.415. The van der Waals surface area contributed by atoms with E-state index in [1.165, 1.54) is 0 Å². The summed E-state index contributed by atoms with van der Waals surface area (Å²) in [5.41, 5.74) is 2.63. The summed E-state index contributed by atoms with van der Waals surface area (Å²) in [4.78, 5) is 38.4. The number of imide groups is 1. The first-order valence-electron chi connectivity index (χ1n) is 8.68. The van der Waals surface area contributed by atoms with Gasteiger partial charge in [0.2, 0.25) is 17.7 Å². The van der Waals surface area contributed by atoms with E-state index < -0.39 is 19.6 Å². The third-order valence-corrected chi connectivity index (χ3v) is 5.35. The van der Waals surface area contributed by atoms with Crippen LogP contribution in [0.5, 0.6) is 5.75 Å². The number of hydrogen-bond donors (Lipinski definition) is 2. The average Bonchev–Trinajstić information content (AvgIpc) is 2.74. The Morgan fingerprint density at radius 1 is 1.16 bits per heavy atom. The molecule has 2 N–H and O–H groups in total. The van der Waals surface area contributed by atoms with Crippen LogP contribution >= 0.6 is 0 Å². The van der Waals surface area contributed by atoms with Gasteiger partial charge in [-0.3, -0.25) is 24.6 Å². The number of carbonyl (C=O) groups excluding carboxylic acids is 3. The molecule has 2 aliphatic heterocycles. The van der Waals surface area contributed by atoms with Crippen molar-refractivity contribution in [1.82, 2.24) is 5.32 Å². The van der Waals surface area contributed by atoms with E-state index >= 15 is 0 Å². The predicted molar refractivity (Wildman–Crippen MR) is 90.4 cm³/mol. The Labute approximate surface area is 145 Å². The van der Waals surface area contributed by atoms with E-state index in [4.69, 9.17) is 9.68 Å². The number of hydrogen-bond acceptors (Lipinski definition) is 5. The molecule has 0 spiro atoms. The van der Waals surface area contributed by atoms with Gasteiger partial charge in [0.15, 0.2) is 0 Å². The second-order valence-corrected chi connectivity index (χ2v) is 6.72. The van der Waals surface area contributed by atoms with Crippen molar-refractivity contribution >= 4 is 31.1 Å². The first-order valence-corrected chi connectivity index (χ1v) is 8.68. The fourth-order valence-corrected chi connectivity index (χ4v) is 4.27. The van der Waals surface area contributed by atoms with Crippen LogP contribution in [0.3, 0.4) is 0 Å². The first-order chi connectivity index (χ1) is 12.1. The van der Waals surface area contributed by atoms with Crippen LogP contribution in [0.25, 0.3) is 0 Å². The molecule has 0 bridgehead atoms. The molecule has 0 saturated carbocycles. The van der Waals surface area contributed by atoms with Gasteiger partial charge in [0.05, 0.1) is 5.92 Å². The monoisotopic (exact) mass is 342 g/mol. The second-order valence-electron chi connectivity index (χ2n) is 6.72. The van der Waals surface area contributed by atoms with Crippen molar-refractivity contribution in [2.75, 3.05) is 4.90 Å². The van der Waals surface area contributed by atoms with Gasteiger partial charge in [0.1, 0.15) is 11.8 Å². The maximum absolute atomic E-state index is 13.1. The molecule has 1 saturated heterocycles. The summed E-state index contributed by atoms with van der Waals surface area (Å²) in [5.74, 6) is -0.455. The minimum Gasteiger partial charge on any atom is -0.539 e. The van der Waals surface area contributed by atoms with Crippen LogP contribution in [-0.2, 0) is 20.8 Å². The van der Waals surface area contributed by atoms with Crippen molar-refractivity contribution in [3.8, 4) is 5.75 Å². The Bertz CT molecular complexity index is 766. The van der Waals surface area contributed by atoms with E-state index in [-0.39, 0.29) is 24.2 Å². The van der Waals surface area contributed by atoms with Crippen LogP contribution in [0.1, 0.15) is 49.1 Å². The lowest BCUT2D eigenvalue weighted by atomic mass is 9.93. The van der Waals surface area contributed by atoms with Crippen LogP contribution in [0.4, 0.5) is 5.69 Å². The molecular formula is C17H19BN2O5. The number of anilines is 1. The summed E-state index contributed by atoms with van der Waals surface area (Å²) in [6.07, 6.45) is 3.98. The van der Waals surface area contributed by atoms with Crippen molar-refractivity contribution in [2.24, 2.45) is 0 Å². The maximum atomic E-state index is 13.1. The van der Waals surface area contributed by atoms with Crippen molar-refractivity contribution in [3.05, 3.63) is 23.3 Å². The summed E-state index contributed by atoms with van der Waals surface area (Å²) >= 11 is 0. The van der Waals surface area contributed by atoms with Gasteiger partial charge in [-0.25, -0.2) is 0 Å². The standard InChI is InChI=1S/C17H19BN2O5/c21-14-8-6-12(16(22)19-14)20-11-5-7-13(25-18-24)9-3-1-2-4-10(15(9)11)17(20)23/h5,7,10,12,18,24H,1-4,6,8H2,(H,19,21,22). The zero-order chi connectivity index (χ0) is 17.6. The Kier molecular flexibility index (Phi) is 3.99. The molecular weight excluding hydrogens is 323 g/mol. The van der Waals surface area contributed by atoms with E-state index in [0.29, 0.717) is 12.2 Å². The van der Waals surface area contributed by atoms with Crippen LogP contribution < -0.4 is 14.9 Å². The van der Waals surface area contributed by atoms with Crippen molar-refractivity contribution in [1.29, 1.82) is 0 Å². The molecule has 1 aromatic rings. The highest BCUT2D eigenvalue weighted by molar-refractivity contribution is 6.17. The minimum atomic E-state index is -0.647. The van der Waals surface area contributed by atoms with Crippen molar-refractivity contribution < 1.29 is 24.1 Å². The largest absolute Gasteiger partial charge is 0.539 e. The number of amides is 3. The number of piperidine rings is 1. The van der Waals surface area contributed by atoms with Gasteiger partial charge in [0.25, 0.3) is 0 Å². The lowest BCUT2D eigenvalue weighted by Gasteiger charge is -2.30. The Morgan fingerprint density at radius 3 is 2.76 bits per heavy atom. The van der Waals surface area contributed by atoms with Gasteiger partial charge in [-0.1, -0.05) is 6.42 Å². The SMILES string of the molecule is O=C1CCC(N2C(=O)C3CCCCc4c(OBO)ccc2c43)C(=O)N1. The molecule has 3 amide bonds. The van der Waals surface area contributed by atoms with Gasteiger partial charge in [-0.05, 0) is 48.9 Å². The number of carbonyl (C=O) groups is 3. The summed E-state index contributed by atoms with van der Waals surface area (Å²) in [5, 5.41) is 11.5.